The van der Waals surface area contributed by atoms with Crippen LogP contribution in [0.25, 0.3) is 0 Å². The lowest BCUT2D eigenvalue weighted by molar-refractivity contribution is -0.137. The minimum absolute atomic E-state index is 0.0375. The first kappa shape index (κ1) is 15.2. The van der Waals surface area contributed by atoms with Crippen molar-refractivity contribution in [3.05, 3.63) is 29.3 Å². The third-order valence-corrected chi connectivity index (χ3v) is 3.59. The van der Waals surface area contributed by atoms with Gasteiger partial charge in [0.15, 0.2) is 5.78 Å². The molecule has 112 valence electrons. The van der Waals surface area contributed by atoms with Gasteiger partial charge in [0.05, 0.1) is 6.42 Å². The van der Waals surface area contributed by atoms with E-state index in [1.54, 1.807) is 23.1 Å². The zero-order chi connectivity index (χ0) is 15.6. The summed E-state index contributed by atoms with van der Waals surface area (Å²) in [6.07, 6.45) is 0.748. The SMILES string of the molecule is CC(C)C(=O)c1ccc2c(c1)CC(=O)N2CCCC(=O)O. The van der Waals surface area contributed by atoms with Crippen LogP contribution >= 0.6 is 0 Å². The Morgan fingerprint density at radius 1 is 1.33 bits per heavy atom. The molecule has 5 nitrogen and oxygen atoms in total. The van der Waals surface area contributed by atoms with Crippen molar-refractivity contribution >= 4 is 23.3 Å². The van der Waals surface area contributed by atoms with Gasteiger partial charge in [-0.1, -0.05) is 13.8 Å². The fourth-order valence-electron chi connectivity index (χ4n) is 2.50. The van der Waals surface area contributed by atoms with Gasteiger partial charge in [0.25, 0.3) is 0 Å². The van der Waals surface area contributed by atoms with Gasteiger partial charge in [0, 0.05) is 30.1 Å². The molecule has 5 heteroatoms. The standard InChI is InChI=1S/C16H19NO4/c1-10(2)16(21)11-5-6-13-12(8-11)9-14(18)17(13)7-3-4-15(19)20/h5-6,8,10H,3-4,7,9H2,1-2H3,(H,19,20). The van der Waals surface area contributed by atoms with E-state index in [0.717, 1.165) is 11.3 Å². The van der Waals surface area contributed by atoms with E-state index in [2.05, 4.69) is 0 Å². The van der Waals surface area contributed by atoms with Crippen LogP contribution in [0.4, 0.5) is 5.69 Å². The van der Waals surface area contributed by atoms with Gasteiger partial charge in [0.1, 0.15) is 0 Å². The molecule has 0 atom stereocenters. The topological polar surface area (TPSA) is 74.7 Å². The Morgan fingerprint density at radius 3 is 2.67 bits per heavy atom. The Hall–Kier alpha value is -2.17. The number of carbonyl (C=O) groups is 3. The van der Waals surface area contributed by atoms with Crippen LogP contribution in [0, 0.1) is 5.92 Å². The van der Waals surface area contributed by atoms with Crippen molar-refractivity contribution in [1.82, 2.24) is 0 Å². The summed E-state index contributed by atoms with van der Waals surface area (Å²) >= 11 is 0. The van der Waals surface area contributed by atoms with Gasteiger partial charge in [-0.3, -0.25) is 14.4 Å². The summed E-state index contributed by atoms with van der Waals surface area (Å²) in [5, 5.41) is 8.66. The van der Waals surface area contributed by atoms with Crippen molar-refractivity contribution in [2.75, 3.05) is 11.4 Å². The molecular formula is C16H19NO4. The number of hydrogen-bond acceptors (Lipinski definition) is 3. The minimum atomic E-state index is -0.861. The van der Waals surface area contributed by atoms with Gasteiger partial charge in [-0.2, -0.15) is 0 Å². The molecule has 0 saturated heterocycles. The highest BCUT2D eigenvalue weighted by molar-refractivity contribution is 6.04. The molecule has 1 N–H and O–H groups in total. The second-order valence-electron chi connectivity index (χ2n) is 5.58. The van der Waals surface area contributed by atoms with Crippen LogP contribution in [0.2, 0.25) is 0 Å². The molecule has 0 spiro atoms. The Bertz CT molecular complexity index is 592. The summed E-state index contributed by atoms with van der Waals surface area (Å²) in [7, 11) is 0. The van der Waals surface area contributed by atoms with Gasteiger partial charge < -0.3 is 10.0 Å². The fourth-order valence-corrected chi connectivity index (χ4v) is 2.50. The maximum Gasteiger partial charge on any atom is 0.303 e. The summed E-state index contributed by atoms with van der Waals surface area (Å²) in [5.41, 5.74) is 2.27. The number of fused-ring (bicyclic) bond motifs is 1. The summed E-state index contributed by atoms with van der Waals surface area (Å²) in [6.45, 7) is 4.09. The summed E-state index contributed by atoms with van der Waals surface area (Å²) in [5.74, 6) is -0.911. The highest BCUT2D eigenvalue weighted by atomic mass is 16.4. The van der Waals surface area contributed by atoms with E-state index in [4.69, 9.17) is 5.11 Å². The molecule has 0 bridgehead atoms. The van der Waals surface area contributed by atoms with Crippen LogP contribution in [0.15, 0.2) is 18.2 Å². The van der Waals surface area contributed by atoms with E-state index in [1.807, 2.05) is 13.8 Å². The lowest BCUT2D eigenvalue weighted by atomic mass is 9.98. The summed E-state index contributed by atoms with van der Waals surface area (Å²) in [6, 6.07) is 5.31. The van der Waals surface area contributed by atoms with Crippen LogP contribution in [-0.2, 0) is 16.0 Å². The molecule has 1 aliphatic heterocycles. The molecule has 1 heterocycles. The molecule has 0 aliphatic carbocycles. The van der Waals surface area contributed by atoms with Crippen molar-refractivity contribution in [2.24, 2.45) is 5.92 Å². The Labute approximate surface area is 123 Å². The lowest BCUT2D eigenvalue weighted by Gasteiger charge is -2.17. The number of ketones is 1. The van der Waals surface area contributed by atoms with Crippen LogP contribution < -0.4 is 4.90 Å². The maximum atomic E-state index is 12.0. The Kier molecular flexibility index (Phi) is 4.40. The number of nitrogens with zero attached hydrogens (tertiary/aromatic N) is 1. The zero-order valence-corrected chi connectivity index (χ0v) is 12.3. The first-order valence-corrected chi connectivity index (χ1v) is 7.09. The minimum Gasteiger partial charge on any atom is -0.481 e. The third-order valence-electron chi connectivity index (χ3n) is 3.59. The van der Waals surface area contributed by atoms with Gasteiger partial charge >= 0.3 is 5.97 Å². The predicted octanol–water partition coefficient (Wildman–Crippen LogP) is 2.28. The molecule has 0 aromatic heterocycles. The molecule has 1 amide bonds. The molecule has 0 saturated carbocycles. The molecule has 2 rings (SSSR count). The highest BCUT2D eigenvalue weighted by Gasteiger charge is 2.27. The van der Waals surface area contributed by atoms with Crippen molar-refractivity contribution in [3.63, 3.8) is 0 Å². The quantitative estimate of drug-likeness (QED) is 0.815. The number of benzene rings is 1. The van der Waals surface area contributed by atoms with Crippen LogP contribution in [0.1, 0.15) is 42.6 Å². The van der Waals surface area contributed by atoms with E-state index in [-0.39, 0.29) is 30.4 Å². The molecule has 0 radical (unpaired) electrons. The van der Waals surface area contributed by atoms with Crippen molar-refractivity contribution in [1.29, 1.82) is 0 Å². The number of carbonyl (C=O) groups excluding carboxylic acids is 2. The van der Waals surface area contributed by atoms with Crippen molar-refractivity contribution < 1.29 is 19.5 Å². The third kappa shape index (κ3) is 3.29. The number of anilines is 1. The average Bonchev–Trinajstić information content (AvgIpc) is 2.72. The molecule has 0 fully saturated rings. The lowest BCUT2D eigenvalue weighted by Crippen LogP contribution is -2.28. The normalized spacial score (nSPS) is 13.7. The number of Topliss-reactive ketones (excluding diaryl/α,β-unsaturated/α-hetero) is 1. The molecule has 0 unspecified atom stereocenters. The number of amides is 1. The van der Waals surface area contributed by atoms with Gasteiger partial charge in [-0.15, -0.1) is 0 Å². The van der Waals surface area contributed by atoms with E-state index in [0.29, 0.717) is 18.5 Å². The van der Waals surface area contributed by atoms with Crippen LogP contribution in [-0.4, -0.2) is 29.3 Å². The number of rotatable bonds is 6. The first-order chi connectivity index (χ1) is 9.90. The monoisotopic (exact) mass is 289 g/mol. The Balaban J connectivity index is 2.16. The maximum absolute atomic E-state index is 12.0. The second kappa shape index (κ2) is 6.08. The van der Waals surface area contributed by atoms with E-state index in [1.165, 1.54) is 0 Å². The Morgan fingerprint density at radius 2 is 2.05 bits per heavy atom. The molecule has 21 heavy (non-hydrogen) atoms. The molecule has 1 aromatic rings. The number of aliphatic carboxylic acids is 1. The zero-order valence-electron chi connectivity index (χ0n) is 12.3. The van der Waals surface area contributed by atoms with Crippen LogP contribution in [0.5, 0.6) is 0 Å². The largest absolute Gasteiger partial charge is 0.481 e. The molecule has 1 aliphatic rings. The summed E-state index contributed by atoms with van der Waals surface area (Å²) in [4.78, 5) is 36.2. The van der Waals surface area contributed by atoms with Gasteiger partial charge in [-0.05, 0) is 30.2 Å². The summed E-state index contributed by atoms with van der Waals surface area (Å²) < 4.78 is 0. The van der Waals surface area contributed by atoms with Gasteiger partial charge in [0.2, 0.25) is 5.91 Å². The second-order valence-corrected chi connectivity index (χ2v) is 5.58. The number of hydrogen-bond donors (Lipinski definition) is 1. The number of carboxylic acid groups (broad SMARTS) is 1. The van der Waals surface area contributed by atoms with Crippen LogP contribution in [0.3, 0.4) is 0 Å². The van der Waals surface area contributed by atoms with E-state index in [9.17, 15) is 14.4 Å². The average molecular weight is 289 g/mol. The molecular weight excluding hydrogens is 270 g/mol. The first-order valence-electron chi connectivity index (χ1n) is 7.09. The van der Waals surface area contributed by atoms with E-state index < -0.39 is 5.97 Å². The van der Waals surface area contributed by atoms with E-state index >= 15 is 0 Å². The molecule has 1 aromatic carbocycles. The predicted molar refractivity (Wildman–Crippen MR) is 78.5 cm³/mol. The van der Waals surface area contributed by atoms with Crippen molar-refractivity contribution in [3.8, 4) is 0 Å². The highest BCUT2D eigenvalue weighted by Crippen LogP contribution is 2.30. The number of carboxylic acids is 1. The van der Waals surface area contributed by atoms with Gasteiger partial charge in [-0.25, -0.2) is 0 Å². The van der Waals surface area contributed by atoms with Crippen molar-refractivity contribution in [2.45, 2.75) is 33.1 Å². The smallest absolute Gasteiger partial charge is 0.303 e. The fraction of sp³-hybridized carbons (Fsp3) is 0.438.